The van der Waals surface area contributed by atoms with E-state index in [2.05, 4.69) is 9.64 Å². The predicted molar refractivity (Wildman–Crippen MR) is 67.4 cm³/mol. The van der Waals surface area contributed by atoms with Crippen LogP contribution in [-0.4, -0.2) is 43.3 Å². The van der Waals surface area contributed by atoms with Crippen molar-refractivity contribution in [1.82, 2.24) is 4.90 Å². The molecular formula is C13H21NO4. The number of carbonyl (C=O) groups excluding carboxylic acids is 1. The molecule has 18 heavy (non-hydrogen) atoms. The van der Waals surface area contributed by atoms with Crippen LogP contribution < -0.4 is 0 Å². The van der Waals surface area contributed by atoms with Gasteiger partial charge in [0.2, 0.25) is 0 Å². The number of aryl methyl sites for hydroxylation is 1. The molecule has 1 aromatic heterocycles. The Kier molecular flexibility index (Phi) is 5.88. The van der Waals surface area contributed by atoms with Gasteiger partial charge in [0.1, 0.15) is 17.1 Å². The average Bonchev–Trinajstić information content (AvgIpc) is 2.69. The molecule has 0 aliphatic carbocycles. The van der Waals surface area contributed by atoms with Gasteiger partial charge in [0.25, 0.3) is 0 Å². The molecule has 5 heteroatoms. The van der Waals surface area contributed by atoms with Crippen molar-refractivity contribution in [3.8, 4) is 0 Å². The van der Waals surface area contributed by atoms with Crippen molar-refractivity contribution in [3.05, 3.63) is 23.2 Å². The van der Waals surface area contributed by atoms with Crippen LogP contribution in [0.15, 0.2) is 10.5 Å². The van der Waals surface area contributed by atoms with Gasteiger partial charge in [-0.25, -0.2) is 4.79 Å². The van der Waals surface area contributed by atoms with Gasteiger partial charge in [0.15, 0.2) is 0 Å². The Morgan fingerprint density at radius 2 is 2.22 bits per heavy atom. The highest BCUT2D eigenvalue weighted by molar-refractivity contribution is 5.90. The zero-order chi connectivity index (χ0) is 13.5. The maximum absolute atomic E-state index is 11.4. The fraction of sp³-hybridized carbons (Fsp3) is 0.615. The smallest absolute Gasteiger partial charge is 0.341 e. The molecule has 1 N–H and O–H groups in total. The van der Waals surface area contributed by atoms with Crippen molar-refractivity contribution in [2.45, 2.75) is 26.3 Å². The Morgan fingerprint density at radius 1 is 1.50 bits per heavy atom. The molecule has 102 valence electrons. The number of esters is 1. The second-order valence-electron chi connectivity index (χ2n) is 4.34. The molecule has 0 bridgehead atoms. The van der Waals surface area contributed by atoms with E-state index in [1.165, 1.54) is 7.11 Å². The van der Waals surface area contributed by atoms with Gasteiger partial charge in [0.05, 0.1) is 13.7 Å². The van der Waals surface area contributed by atoms with Crippen LogP contribution in [0.2, 0.25) is 0 Å². The summed E-state index contributed by atoms with van der Waals surface area (Å²) in [5.41, 5.74) is 0.483. The first kappa shape index (κ1) is 14.7. The van der Waals surface area contributed by atoms with E-state index in [4.69, 9.17) is 9.52 Å². The van der Waals surface area contributed by atoms with Crippen molar-refractivity contribution in [1.29, 1.82) is 0 Å². The predicted octanol–water partition coefficient (Wildman–Crippen LogP) is 1.58. The number of hydrogen-bond acceptors (Lipinski definition) is 5. The minimum Gasteiger partial charge on any atom is -0.465 e. The van der Waals surface area contributed by atoms with E-state index in [0.717, 1.165) is 25.1 Å². The second kappa shape index (κ2) is 7.18. The molecular weight excluding hydrogens is 234 g/mol. The van der Waals surface area contributed by atoms with Crippen molar-refractivity contribution in [3.63, 3.8) is 0 Å². The Labute approximate surface area is 107 Å². The van der Waals surface area contributed by atoms with Crippen LogP contribution in [0.1, 0.15) is 34.7 Å². The molecule has 0 radical (unpaired) electrons. The van der Waals surface area contributed by atoms with Gasteiger partial charge in [-0.2, -0.15) is 0 Å². The summed E-state index contributed by atoms with van der Waals surface area (Å²) in [6, 6.07) is 1.73. The number of aliphatic hydroxyl groups excluding tert-OH is 1. The van der Waals surface area contributed by atoms with Gasteiger partial charge in [0, 0.05) is 6.61 Å². The largest absolute Gasteiger partial charge is 0.465 e. The molecule has 0 aliphatic heterocycles. The van der Waals surface area contributed by atoms with E-state index in [9.17, 15) is 4.79 Å². The fourth-order valence-electron chi connectivity index (χ4n) is 1.77. The quantitative estimate of drug-likeness (QED) is 0.592. The highest BCUT2D eigenvalue weighted by Gasteiger charge is 2.15. The summed E-state index contributed by atoms with van der Waals surface area (Å²) in [5.74, 6) is 0.963. The van der Waals surface area contributed by atoms with Crippen LogP contribution in [-0.2, 0) is 11.3 Å². The van der Waals surface area contributed by atoms with Crippen LogP contribution in [0.4, 0.5) is 0 Å². The van der Waals surface area contributed by atoms with Gasteiger partial charge < -0.3 is 14.3 Å². The monoisotopic (exact) mass is 255 g/mol. The number of hydrogen-bond donors (Lipinski definition) is 1. The summed E-state index contributed by atoms with van der Waals surface area (Å²) in [7, 11) is 3.34. The molecule has 0 aromatic carbocycles. The first-order valence-corrected chi connectivity index (χ1v) is 6.05. The summed E-state index contributed by atoms with van der Waals surface area (Å²) in [6.45, 7) is 3.50. The van der Waals surface area contributed by atoms with E-state index < -0.39 is 0 Å². The number of furan rings is 1. The van der Waals surface area contributed by atoms with Gasteiger partial charge >= 0.3 is 5.97 Å². The zero-order valence-electron chi connectivity index (χ0n) is 11.2. The molecule has 0 fully saturated rings. The highest BCUT2D eigenvalue weighted by atomic mass is 16.5. The molecule has 0 saturated carbocycles. The number of carbonyl (C=O) groups is 1. The maximum atomic E-state index is 11.4. The molecule has 0 atom stereocenters. The molecule has 5 nitrogen and oxygen atoms in total. The van der Waals surface area contributed by atoms with Gasteiger partial charge in [-0.3, -0.25) is 4.90 Å². The molecule has 0 amide bonds. The van der Waals surface area contributed by atoms with Crippen LogP contribution >= 0.6 is 0 Å². The number of unbranched alkanes of at least 4 members (excludes halogenated alkanes) is 1. The normalized spacial score (nSPS) is 10.9. The lowest BCUT2D eigenvalue weighted by Gasteiger charge is -2.14. The number of ether oxygens (including phenoxy) is 1. The Bertz CT molecular complexity index is 386. The van der Waals surface area contributed by atoms with Crippen molar-refractivity contribution in [2.24, 2.45) is 0 Å². The lowest BCUT2D eigenvalue weighted by Crippen LogP contribution is -2.19. The van der Waals surface area contributed by atoms with E-state index in [-0.39, 0.29) is 12.6 Å². The van der Waals surface area contributed by atoms with Crippen LogP contribution in [0.3, 0.4) is 0 Å². The van der Waals surface area contributed by atoms with Crippen LogP contribution in [0, 0.1) is 6.92 Å². The standard InChI is InChI=1S/C13H21NO4/c1-10-12(13(16)17-3)8-11(18-10)9-14(2)6-4-5-7-15/h8,15H,4-7,9H2,1-3H3. The average molecular weight is 255 g/mol. The Morgan fingerprint density at radius 3 is 2.83 bits per heavy atom. The minimum absolute atomic E-state index is 0.222. The molecule has 0 spiro atoms. The number of rotatable bonds is 7. The second-order valence-corrected chi connectivity index (χ2v) is 4.34. The summed E-state index contributed by atoms with van der Waals surface area (Å²) in [4.78, 5) is 13.5. The first-order chi connectivity index (χ1) is 8.58. The summed E-state index contributed by atoms with van der Waals surface area (Å²) in [6.07, 6.45) is 1.74. The number of methoxy groups -OCH3 is 1. The molecule has 0 aliphatic rings. The summed E-state index contributed by atoms with van der Waals surface area (Å²) < 4.78 is 10.2. The molecule has 1 rings (SSSR count). The van der Waals surface area contributed by atoms with Crippen LogP contribution in [0.5, 0.6) is 0 Å². The van der Waals surface area contributed by atoms with Gasteiger partial charge in [-0.05, 0) is 39.4 Å². The molecule has 0 saturated heterocycles. The zero-order valence-corrected chi connectivity index (χ0v) is 11.2. The van der Waals surface area contributed by atoms with Gasteiger partial charge in [-0.15, -0.1) is 0 Å². The van der Waals surface area contributed by atoms with E-state index in [1.807, 2.05) is 7.05 Å². The SMILES string of the molecule is COC(=O)c1cc(CN(C)CCCCO)oc1C. The maximum Gasteiger partial charge on any atom is 0.341 e. The molecule has 0 unspecified atom stereocenters. The van der Waals surface area contributed by atoms with Crippen molar-refractivity contribution >= 4 is 5.97 Å². The summed E-state index contributed by atoms with van der Waals surface area (Å²) >= 11 is 0. The third kappa shape index (κ3) is 4.16. The lowest BCUT2D eigenvalue weighted by molar-refractivity contribution is 0.0599. The van der Waals surface area contributed by atoms with Crippen LogP contribution in [0.25, 0.3) is 0 Å². The first-order valence-electron chi connectivity index (χ1n) is 6.05. The van der Waals surface area contributed by atoms with Gasteiger partial charge in [-0.1, -0.05) is 0 Å². The molecule has 1 heterocycles. The Hall–Kier alpha value is -1.33. The third-order valence-electron chi connectivity index (χ3n) is 2.75. The fourth-order valence-corrected chi connectivity index (χ4v) is 1.77. The summed E-state index contributed by atoms with van der Waals surface area (Å²) in [5, 5.41) is 8.71. The minimum atomic E-state index is -0.370. The van der Waals surface area contributed by atoms with E-state index in [0.29, 0.717) is 17.9 Å². The highest BCUT2D eigenvalue weighted by Crippen LogP contribution is 2.17. The molecule has 1 aromatic rings. The van der Waals surface area contributed by atoms with Crippen molar-refractivity contribution < 1.29 is 19.1 Å². The van der Waals surface area contributed by atoms with Crippen molar-refractivity contribution in [2.75, 3.05) is 27.3 Å². The van der Waals surface area contributed by atoms with E-state index >= 15 is 0 Å². The number of nitrogens with zero attached hydrogens (tertiary/aromatic N) is 1. The topological polar surface area (TPSA) is 62.9 Å². The lowest BCUT2D eigenvalue weighted by atomic mass is 10.2. The third-order valence-corrected chi connectivity index (χ3v) is 2.75. The van der Waals surface area contributed by atoms with E-state index in [1.54, 1.807) is 13.0 Å². The Balaban J connectivity index is 2.54. The number of aliphatic hydroxyl groups is 1.